The van der Waals surface area contributed by atoms with Gasteiger partial charge < -0.3 is 10.5 Å². The van der Waals surface area contributed by atoms with Crippen molar-refractivity contribution in [3.8, 4) is 0 Å². The lowest BCUT2D eigenvalue weighted by molar-refractivity contribution is 0.0613. The van der Waals surface area contributed by atoms with Gasteiger partial charge in [-0.05, 0) is 32.9 Å². The van der Waals surface area contributed by atoms with Crippen LogP contribution in [0.1, 0.15) is 31.3 Å². The molecule has 0 bridgehead atoms. The average molecular weight is 225 g/mol. The summed E-state index contributed by atoms with van der Waals surface area (Å²) in [6, 6.07) is 3.09. The molecule has 0 unspecified atom stereocenters. The van der Waals surface area contributed by atoms with Gasteiger partial charge in [0.1, 0.15) is 11.3 Å². The number of ether oxygens (including phenoxy) is 1. The van der Waals surface area contributed by atoms with Gasteiger partial charge in [0.25, 0.3) is 5.91 Å². The third-order valence-corrected chi connectivity index (χ3v) is 1.61. The zero-order chi connectivity index (χ0) is 12.3. The smallest absolute Gasteiger partial charge is 0.426 e. The van der Waals surface area contributed by atoms with Crippen molar-refractivity contribution >= 4 is 12.0 Å². The maximum Gasteiger partial charge on any atom is 0.426 e. The Morgan fingerprint density at radius 3 is 2.56 bits per heavy atom. The molecule has 0 aliphatic carbocycles. The number of carbonyl (C=O) groups is 2. The van der Waals surface area contributed by atoms with Crippen LogP contribution in [0.15, 0.2) is 18.3 Å². The van der Waals surface area contributed by atoms with Crippen LogP contribution in [0.2, 0.25) is 0 Å². The second-order valence-electron chi connectivity index (χ2n) is 4.24. The predicted octanol–water partition coefficient (Wildman–Crippen LogP) is 1.07. The molecule has 0 aliphatic heterocycles. The number of amides is 2. The van der Waals surface area contributed by atoms with E-state index >= 15 is 0 Å². The first kappa shape index (κ1) is 12.1. The molecule has 3 N–H and O–H groups in total. The van der Waals surface area contributed by atoms with Crippen LogP contribution in [0.25, 0.3) is 0 Å². The van der Waals surface area contributed by atoms with E-state index in [1.807, 2.05) is 0 Å². The maximum atomic E-state index is 11.4. The quantitative estimate of drug-likeness (QED) is 0.789. The average Bonchev–Trinajstić information content (AvgIpc) is 2.47. The Kier molecular flexibility index (Phi) is 3.22. The second kappa shape index (κ2) is 4.26. The maximum absolute atomic E-state index is 11.4. The standard InChI is InChI=1S/C10H15N3O3/c1-10(2,3)16-9(15)12-13-6-4-5-7(13)8(11)14/h4-6H,1-3H3,(H2,11,14)(H,12,15). The van der Waals surface area contributed by atoms with Crippen molar-refractivity contribution in [1.82, 2.24) is 4.68 Å². The summed E-state index contributed by atoms with van der Waals surface area (Å²) in [5, 5.41) is 0. The van der Waals surface area contributed by atoms with Gasteiger partial charge >= 0.3 is 6.09 Å². The molecule has 88 valence electrons. The Bertz CT molecular complexity index is 404. The van der Waals surface area contributed by atoms with Crippen LogP contribution < -0.4 is 11.2 Å². The number of primary amides is 1. The Morgan fingerprint density at radius 1 is 1.44 bits per heavy atom. The normalized spacial score (nSPS) is 10.9. The Labute approximate surface area is 93.3 Å². The van der Waals surface area contributed by atoms with Crippen molar-refractivity contribution in [2.24, 2.45) is 5.73 Å². The van der Waals surface area contributed by atoms with Crippen molar-refractivity contribution in [2.75, 3.05) is 5.43 Å². The van der Waals surface area contributed by atoms with Gasteiger partial charge in [0, 0.05) is 6.20 Å². The molecule has 6 nitrogen and oxygen atoms in total. The molecule has 0 saturated heterocycles. The van der Waals surface area contributed by atoms with Gasteiger partial charge in [-0.2, -0.15) is 0 Å². The fourth-order valence-electron chi connectivity index (χ4n) is 1.08. The minimum atomic E-state index is -0.647. The summed E-state index contributed by atoms with van der Waals surface area (Å²) >= 11 is 0. The largest absolute Gasteiger partial charge is 0.443 e. The van der Waals surface area contributed by atoms with E-state index < -0.39 is 17.6 Å². The molecule has 2 amide bonds. The number of nitrogens with two attached hydrogens (primary N) is 1. The second-order valence-corrected chi connectivity index (χ2v) is 4.24. The fourth-order valence-corrected chi connectivity index (χ4v) is 1.08. The molecule has 0 fully saturated rings. The molecular weight excluding hydrogens is 210 g/mol. The van der Waals surface area contributed by atoms with E-state index in [0.717, 1.165) is 0 Å². The van der Waals surface area contributed by atoms with Crippen LogP contribution in [-0.4, -0.2) is 22.3 Å². The van der Waals surface area contributed by atoms with Gasteiger partial charge in [-0.3, -0.25) is 9.47 Å². The van der Waals surface area contributed by atoms with E-state index in [1.54, 1.807) is 26.8 Å². The fraction of sp³-hybridized carbons (Fsp3) is 0.400. The summed E-state index contributed by atoms with van der Waals surface area (Å²) in [5.74, 6) is -0.624. The van der Waals surface area contributed by atoms with Crippen molar-refractivity contribution in [3.63, 3.8) is 0 Å². The SMILES string of the molecule is CC(C)(C)OC(=O)Nn1cccc1C(N)=O. The highest BCUT2D eigenvalue weighted by Gasteiger charge is 2.17. The summed E-state index contributed by atoms with van der Waals surface area (Å²) in [6.07, 6.45) is 0.857. The first-order valence-corrected chi connectivity index (χ1v) is 4.77. The third-order valence-electron chi connectivity index (χ3n) is 1.61. The van der Waals surface area contributed by atoms with Crippen molar-refractivity contribution in [3.05, 3.63) is 24.0 Å². The molecule has 0 radical (unpaired) electrons. The van der Waals surface area contributed by atoms with E-state index in [9.17, 15) is 9.59 Å². The summed E-state index contributed by atoms with van der Waals surface area (Å²) in [5.41, 5.74) is 7.09. The van der Waals surface area contributed by atoms with Gasteiger partial charge in [0.15, 0.2) is 0 Å². The number of nitrogens with one attached hydrogen (secondary N) is 1. The monoisotopic (exact) mass is 225 g/mol. The highest BCUT2D eigenvalue weighted by molar-refractivity contribution is 5.92. The minimum absolute atomic E-state index is 0.186. The molecule has 1 aromatic heterocycles. The van der Waals surface area contributed by atoms with Crippen LogP contribution in [0.4, 0.5) is 4.79 Å². The molecule has 0 saturated carbocycles. The lowest BCUT2D eigenvalue weighted by atomic mass is 10.2. The van der Waals surface area contributed by atoms with Crippen LogP contribution >= 0.6 is 0 Å². The van der Waals surface area contributed by atoms with E-state index in [2.05, 4.69) is 5.43 Å². The molecule has 0 atom stereocenters. The van der Waals surface area contributed by atoms with Gasteiger partial charge in [-0.1, -0.05) is 0 Å². The Hall–Kier alpha value is -1.98. The number of hydrogen-bond acceptors (Lipinski definition) is 3. The summed E-state index contributed by atoms with van der Waals surface area (Å²) < 4.78 is 6.24. The molecule has 1 heterocycles. The summed E-state index contributed by atoms with van der Waals surface area (Å²) in [7, 11) is 0. The number of aromatic nitrogens is 1. The van der Waals surface area contributed by atoms with Gasteiger partial charge in [0.2, 0.25) is 0 Å². The number of nitrogens with zero attached hydrogens (tertiary/aromatic N) is 1. The first-order chi connectivity index (χ1) is 7.29. The summed E-state index contributed by atoms with van der Waals surface area (Å²) in [6.45, 7) is 5.24. The minimum Gasteiger partial charge on any atom is -0.443 e. The lowest BCUT2D eigenvalue weighted by Gasteiger charge is -2.20. The van der Waals surface area contributed by atoms with Gasteiger partial charge in [0.05, 0.1) is 0 Å². The number of rotatable bonds is 2. The van der Waals surface area contributed by atoms with Gasteiger partial charge in [-0.15, -0.1) is 0 Å². The highest BCUT2D eigenvalue weighted by atomic mass is 16.6. The van der Waals surface area contributed by atoms with Crippen molar-refractivity contribution in [1.29, 1.82) is 0 Å². The molecular formula is C10H15N3O3. The number of carbonyl (C=O) groups excluding carboxylic acids is 2. The van der Waals surface area contributed by atoms with Crippen LogP contribution in [0, 0.1) is 0 Å². The van der Waals surface area contributed by atoms with E-state index in [4.69, 9.17) is 10.5 Å². The zero-order valence-corrected chi connectivity index (χ0v) is 9.48. The van der Waals surface area contributed by atoms with E-state index in [0.29, 0.717) is 0 Å². The molecule has 0 aromatic carbocycles. The molecule has 0 aliphatic rings. The lowest BCUT2D eigenvalue weighted by Crippen LogP contribution is -2.33. The Morgan fingerprint density at radius 2 is 2.06 bits per heavy atom. The Balaban J connectivity index is 2.70. The summed E-state index contributed by atoms with van der Waals surface area (Å²) in [4.78, 5) is 22.4. The highest BCUT2D eigenvalue weighted by Crippen LogP contribution is 2.07. The van der Waals surface area contributed by atoms with Gasteiger partial charge in [-0.25, -0.2) is 10.2 Å². The van der Waals surface area contributed by atoms with Crippen LogP contribution in [0.5, 0.6) is 0 Å². The topological polar surface area (TPSA) is 86.3 Å². The van der Waals surface area contributed by atoms with Crippen molar-refractivity contribution in [2.45, 2.75) is 26.4 Å². The molecule has 1 aromatic rings. The van der Waals surface area contributed by atoms with E-state index in [1.165, 1.54) is 16.9 Å². The molecule has 6 heteroatoms. The molecule has 16 heavy (non-hydrogen) atoms. The van der Waals surface area contributed by atoms with Crippen LogP contribution in [-0.2, 0) is 4.74 Å². The van der Waals surface area contributed by atoms with E-state index in [-0.39, 0.29) is 5.69 Å². The molecule has 1 rings (SSSR count). The zero-order valence-electron chi connectivity index (χ0n) is 9.48. The molecule has 0 spiro atoms. The predicted molar refractivity (Wildman–Crippen MR) is 58.5 cm³/mol. The van der Waals surface area contributed by atoms with Crippen LogP contribution in [0.3, 0.4) is 0 Å². The number of hydrogen-bond donors (Lipinski definition) is 2. The van der Waals surface area contributed by atoms with Crippen molar-refractivity contribution < 1.29 is 14.3 Å². The third kappa shape index (κ3) is 3.30. The first-order valence-electron chi connectivity index (χ1n) is 4.77.